The van der Waals surface area contributed by atoms with Crippen molar-refractivity contribution in [1.29, 1.82) is 0 Å². The van der Waals surface area contributed by atoms with Gasteiger partial charge in [-0.05, 0) is 33.8 Å². The second kappa shape index (κ2) is 5.38. The van der Waals surface area contributed by atoms with E-state index in [1.807, 2.05) is 26.0 Å². The molecule has 0 saturated heterocycles. The summed E-state index contributed by atoms with van der Waals surface area (Å²) in [5, 5.41) is 10.0. The number of phenols is 1. The Morgan fingerprint density at radius 2 is 1.88 bits per heavy atom. The Bertz CT molecular complexity index is 374. The summed E-state index contributed by atoms with van der Waals surface area (Å²) < 4.78 is 0. The van der Waals surface area contributed by atoms with Crippen molar-refractivity contribution in [2.75, 3.05) is 18.0 Å². The molecule has 0 spiro atoms. The molecule has 1 aromatic rings. The number of hydrogen-bond acceptors (Lipinski definition) is 4. The molecule has 3 N–H and O–H groups in total. The molecule has 0 atom stereocenters. The zero-order valence-electron chi connectivity index (χ0n) is 11.0. The molecule has 4 heteroatoms. The van der Waals surface area contributed by atoms with Gasteiger partial charge in [0.15, 0.2) is 0 Å². The van der Waals surface area contributed by atoms with Crippen LogP contribution in [0.3, 0.4) is 0 Å². The van der Waals surface area contributed by atoms with Crippen molar-refractivity contribution >= 4 is 5.69 Å². The van der Waals surface area contributed by atoms with E-state index in [0.29, 0.717) is 5.56 Å². The molecule has 4 nitrogen and oxygen atoms in total. The third-order valence-electron chi connectivity index (χ3n) is 3.05. The lowest BCUT2D eigenvalue weighted by Crippen LogP contribution is -2.26. The van der Waals surface area contributed by atoms with E-state index in [9.17, 15) is 5.11 Å². The van der Waals surface area contributed by atoms with E-state index in [2.05, 4.69) is 18.7 Å². The summed E-state index contributed by atoms with van der Waals surface area (Å²) in [6.07, 6.45) is 0. The predicted molar refractivity (Wildman–Crippen MR) is 70.0 cm³/mol. The molecule has 0 aliphatic rings. The number of hydrogen-bond donors (Lipinski definition) is 2. The second-order valence-electron chi connectivity index (χ2n) is 4.50. The first-order chi connectivity index (χ1) is 7.96. The van der Waals surface area contributed by atoms with Gasteiger partial charge in [0, 0.05) is 30.4 Å². The van der Waals surface area contributed by atoms with E-state index in [1.54, 1.807) is 6.07 Å². The van der Waals surface area contributed by atoms with Crippen molar-refractivity contribution in [2.24, 2.45) is 5.90 Å². The van der Waals surface area contributed by atoms with Gasteiger partial charge in [-0.25, -0.2) is 5.90 Å². The van der Waals surface area contributed by atoms with E-state index in [4.69, 9.17) is 10.7 Å². The summed E-state index contributed by atoms with van der Waals surface area (Å²) in [5.74, 6) is 5.45. The molecule has 1 rings (SSSR count). The van der Waals surface area contributed by atoms with Gasteiger partial charge in [-0.15, -0.1) is 0 Å². The van der Waals surface area contributed by atoms with Gasteiger partial charge in [-0.2, -0.15) is 0 Å². The fourth-order valence-corrected chi connectivity index (χ4v) is 1.88. The highest BCUT2D eigenvalue weighted by molar-refractivity contribution is 5.54. The molecule has 1 aromatic carbocycles. The summed E-state index contributed by atoms with van der Waals surface area (Å²) >= 11 is 0. The van der Waals surface area contributed by atoms with Gasteiger partial charge in [0.05, 0.1) is 0 Å². The van der Waals surface area contributed by atoms with E-state index < -0.39 is 5.60 Å². The highest BCUT2D eigenvalue weighted by Crippen LogP contribution is 2.33. The molecule has 0 aliphatic heterocycles. The fourth-order valence-electron chi connectivity index (χ4n) is 1.88. The van der Waals surface area contributed by atoms with E-state index in [-0.39, 0.29) is 5.75 Å². The normalized spacial score (nSPS) is 11.6. The van der Waals surface area contributed by atoms with Crippen LogP contribution in [-0.4, -0.2) is 18.2 Å². The van der Waals surface area contributed by atoms with Crippen LogP contribution in [0.4, 0.5) is 5.69 Å². The van der Waals surface area contributed by atoms with Crippen molar-refractivity contribution in [3.8, 4) is 5.75 Å². The molecule has 0 saturated carbocycles. The molecule has 0 fully saturated rings. The lowest BCUT2D eigenvalue weighted by atomic mass is 9.97. The fraction of sp³-hybridized carbons (Fsp3) is 0.538. The van der Waals surface area contributed by atoms with Crippen LogP contribution in [0.5, 0.6) is 5.75 Å². The molecule has 0 bridgehead atoms. The first-order valence-corrected chi connectivity index (χ1v) is 5.92. The average molecular weight is 238 g/mol. The molecule has 96 valence electrons. The highest BCUT2D eigenvalue weighted by Gasteiger charge is 2.24. The summed E-state index contributed by atoms with van der Waals surface area (Å²) in [5.41, 5.74) is 1.01. The number of benzene rings is 1. The first kappa shape index (κ1) is 13.8. The Morgan fingerprint density at radius 3 is 2.29 bits per heavy atom. The van der Waals surface area contributed by atoms with Gasteiger partial charge < -0.3 is 10.0 Å². The average Bonchev–Trinajstić information content (AvgIpc) is 2.30. The van der Waals surface area contributed by atoms with Crippen LogP contribution >= 0.6 is 0 Å². The molecule has 0 heterocycles. The molecular formula is C13H22N2O2. The van der Waals surface area contributed by atoms with Crippen molar-refractivity contribution in [2.45, 2.75) is 33.3 Å². The Balaban J connectivity index is 3.10. The number of aromatic hydroxyl groups is 1. The van der Waals surface area contributed by atoms with Gasteiger partial charge in [0.2, 0.25) is 0 Å². The van der Waals surface area contributed by atoms with Crippen LogP contribution in [-0.2, 0) is 10.4 Å². The third-order valence-corrected chi connectivity index (χ3v) is 3.05. The SMILES string of the molecule is CCN(CC)c1ccc(C(C)(C)ON)c(O)c1. The van der Waals surface area contributed by atoms with E-state index in [0.717, 1.165) is 18.8 Å². The minimum Gasteiger partial charge on any atom is -0.507 e. The van der Waals surface area contributed by atoms with Crippen molar-refractivity contribution in [3.63, 3.8) is 0 Å². The Morgan fingerprint density at radius 1 is 1.29 bits per heavy atom. The van der Waals surface area contributed by atoms with E-state index in [1.165, 1.54) is 0 Å². The smallest absolute Gasteiger partial charge is 0.123 e. The molecule has 0 radical (unpaired) electrons. The van der Waals surface area contributed by atoms with Crippen LogP contribution in [0.2, 0.25) is 0 Å². The van der Waals surface area contributed by atoms with Gasteiger partial charge in [0.25, 0.3) is 0 Å². The lowest BCUT2D eigenvalue weighted by molar-refractivity contribution is -0.0250. The Labute approximate surface area is 103 Å². The van der Waals surface area contributed by atoms with Crippen LogP contribution in [0, 0.1) is 0 Å². The van der Waals surface area contributed by atoms with Crippen LogP contribution in [0.15, 0.2) is 18.2 Å². The minimum absolute atomic E-state index is 0.213. The van der Waals surface area contributed by atoms with Gasteiger partial charge in [-0.1, -0.05) is 6.07 Å². The van der Waals surface area contributed by atoms with E-state index >= 15 is 0 Å². The maximum Gasteiger partial charge on any atom is 0.123 e. The maximum atomic E-state index is 10.0. The molecule has 17 heavy (non-hydrogen) atoms. The van der Waals surface area contributed by atoms with Gasteiger partial charge >= 0.3 is 0 Å². The molecule has 0 amide bonds. The van der Waals surface area contributed by atoms with Crippen LogP contribution in [0.25, 0.3) is 0 Å². The van der Waals surface area contributed by atoms with Crippen LogP contribution < -0.4 is 10.8 Å². The minimum atomic E-state index is -0.689. The van der Waals surface area contributed by atoms with Crippen molar-refractivity contribution in [1.82, 2.24) is 0 Å². The molecular weight excluding hydrogens is 216 g/mol. The topological polar surface area (TPSA) is 58.7 Å². The maximum absolute atomic E-state index is 10.0. The quantitative estimate of drug-likeness (QED) is 0.773. The summed E-state index contributed by atoms with van der Waals surface area (Å²) in [6, 6.07) is 5.59. The largest absolute Gasteiger partial charge is 0.507 e. The predicted octanol–water partition coefficient (Wildman–Crippen LogP) is 2.36. The first-order valence-electron chi connectivity index (χ1n) is 5.92. The highest BCUT2D eigenvalue weighted by atomic mass is 16.6. The summed E-state index contributed by atoms with van der Waals surface area (Å²) in [7, 11) is 0. The summed E-state index contributed by atoms with van der Waals surface area (Å²) in [6.45, 7) is 9.62. The van der Waals surface area contributed by atoms with Crippen molar-refractivity contribution in [3.05, 3.63) is 23.8 Å². The Kier molecular flexibility index (Phi) is 4.37. The third kappa shape index (κ3) is 2.90. The summed E-state index contributed by atoms with van der Waals surface area (Å²) in [4.78, 5) is 7.05. The number of anilines is 1. The zero-order chi connectivity index (χ0) is 13.1. The zero-order valence-corrected chi connectivity index (χ0v) is 11.0. The van der Waals surface area contributed by atoms with Gasteiger partial charge in [0.1, 0.15) is 11.4 Å². The Hall–Kier alpha value is -1.26. The lowest BCUT2D eigenvalue weighted by Gasteiger charge is -2.26. The number of phenolic OH excluding ortho intramolecular Hbond substituents is 1. The molecule has 0 aromatic heterocycles. The van der Waals surface area contributed by atoms with Crippen molar-refractivity contribution < 1.29 is 9.94 Å². The standard InChI is InChI=1S/C13H22N2O2/c1-5-15(6-2)10-7-8-11(12(16)9-10)13(3,4)17-14/h7-9,16H,5-6,14H2,1-4H3. The second-order valence-corrected chi connectivity index (χ2v) is 4.50. The van der Waals surface area contributed by atoms with Gasteiger partial charge in [-0.3, -0.25) is 4.84 Å². The number of rotatable bonds is 5. The molecule has 0 unspecified atom stereocenters. The monoisotopic (exact) mass is 238 g/mol. The number of nitrogens with two attached hydrogens (primary N) is 1. The molecule has 0 aliphatic carbocycles. The number of nitrogens with zero attached hydrogens (tertiary/aromatic N) is 1. The van der Waals surface area contributed by atoms with Crippen LogP contribution in [0.1, 0.15) is 33.3 Å².